The van der Waals surface area contributed by atoms with Crippen LogP contribution in [0.3, 0.4) is 0 Å². The molecule has 0 aliphatic carbocycles. The fourth-order valence-electron chi connectivity index (χ4n) is 4.51. The van der Waals surface area contributed by atoms with Crippen LogP contribution in [0.15, 0.2) is 29.1 Å². The van der Waals surface area contributed by atoms with E-state index in [0.29, 0.717) is 47.1 Å². The lowest BCUT2D eigenvalue weighted by Gasteiger charge is -2.30. The molecule has 5 rings (SSSR count). The van der Waals surface area contributed by atoms with Crippen molar-refractivity contribution in [2.45, 2.75) is 52.2 Å². The van der Waals surface area contributed by atoms with E-state index in [0.717, 1.165) is 42.8 Å². The summed E-state index contributed by atoms with van der Waals surface area (Å²) in [4.78, 5) is 34.5. The number of benzene rings is 1. The van der Waals surface area contributed by atoms with Crippen molar-refractivity contribution in [3.05, 3.63) is 50.9 Å². The Balaban J connectivity index is 1.43. The maximum absolute atomic E-state index is 13.5. The lowest BCUT2D eigenvalue weighted by Crippen LogP contribution is -2.43. The van der Waals surface area contributed by atoms with Gasteiger partial charge in [-0.25, -0.2) is 4.98 Å². The number of hydrogen-bond donors (Lipinski definition) is 0. The van der Waals surface area contributed by atoms with E-state index in [2.05, 4.69) is 0 Å². The Morgan fingerprint density at radius 1 is 1.25 bits per heavy atom. The van der Waals surface area contributed by atoms with Crippen LogP contribution in [0.25, 0.3) is 10.2 Å². The Kier molecular flexibility index (Phi) is 5.63. The molecule has 0 fully saturated rings. The fourth-order valence-corrected chi connectivity index (χ4v) is 5.67. The predicted molar refractivity (Wildman–Crippen MR) is 124 cm³/mol. The molecule has 0 spiro atoms. The standard InChI is InChI=1S/C24H27N3O4S/c1-3-26(13-16-14-30-17-9-6-7-10-18(17)31-16)24(29)21-15(2)20-22(32-21)25-19-11-5-4-8-12-27(19)23(20)28/h6-7,9-10,16H,3-5,8,11-14H2,1-2H3. The number of hydrogen-bond acceptors (Lipinski definition) is 6. The first-order valence-corrected chi connectivity index (χ1v) is 12.1. The van der Waals surface area contributed by atoms with Crippen LogP contribution in [0.1, 0.15) is 47.2 Å². The minimum Gasteiger partial charge on any atom is -0.486 e. The zero-order chi connectivity index (χ0) is 22.2. The van der Waals surface area contributed by atoms with Gasteiger partial charge in [-0.05, 0) is 44.4 Å². The lowest BCUT2D eigenvalue weighted by molar-refractivity contribution is 0.0477. The molecular formula is C24H27N3O4S. The smallest absolute Gasteiger partial charge is 0.264 e. The van der Waals surface area contributed by atoms with E-state index in [9.17, 15) is 9.59 Å². The van der Waals surface area contributed by atoms with Crippen molar-refractivity contribution in [2.24, 2.45) is 0 Å². The normalized spacial score (nSPS) is 17.6. The number of rotatable bonds is 4. The number of ether oxygens (including phenoxy) is 2. The number of amides is 1. The van der Waals surface area contributed by atoms with Crippen LogP contribution in [-0.2, 0) is 13.0 Å². The monoisotopic (exact) mass is 453 g/mol. The minimum absolute atomic E-state index is 0.0108. The van der Waals surface area contributed by atoms with Crippen molar-refractivity contribution in [3.8, 4) is 11.5 Å². The summed E-state index contributed by atoms with van der Waals surface area (Å²) in [7, 11) is 0. The second-order valence-corrected chi connectivity index (χ2v) is 9.37. The number of carbonyl (C=O) groups is 1. The van der Waals surface area contributed by atoms with Gasteiger partial charge in [-0.1, -0.05) is 18.6 Å². The molecule has 2 aliphatic heterocycles. The zero-order valence-electron chi connectivity index (χ0n) is 18.4. The minimum atomic E-state index is -0.247. The van der Waals surface area contributed by atoms with E-state index >= 15 is 0 Å². The van der Waals surface area contributed by atoms with Crippen molar-refractivity contribution in [1.82, 2.24) is 14.5 Å². The molecule has 0 radical (unpaired) electrons. The number of likely N-dealkylation sites (N-methyl/N-ethyl adjacent to an activating group) is 1. The predicted octanol–water partition coefficient (Wildman–Crippen LogP) is 3.79. The van der Waals surface area contributed by atoms with E-state index in [-0.39, 0.29) is 17.6 Å². The van der Waals surface area contributed by atoms with Gasteiger partial charge in [0.05, 0.1) is 16.8 Å². The SMILES string of the molecule is CCN(CC1COc2ccccc2O1)C(=O)c1sc2nc3n(c(=O)c2c1C)CCCCC3. The van der Waals surface area contributed by atoms with Crippen LogP contribution in [0.5, 0.6) is 11.5 Å². The number of aryl methyl sites for hydroxylation is 2. The van der Waals surface area contributed by atoms with E-state index < -0.39 is 0 Å². The largest absolute Gasteiger partial charge is 0.486 e. The van der Waals surface area contributed by atoms with Gasteiger partial charge in [0.15, 0.2) is 17.6 Å². The number of fused-ring (bicyclic) bond motifs is 3. The first-order valence-electron chi connectivity index (χ1n) is 11.3. The molecule has 2 aliphatic rings. The van der Waals surface area contributed by atoms with Crippen LogP contribution in [0.2, 0.25) is 0 Å². The zero-order valence-corrected chi connectivity index (χ0v) is 19.2. The Morgan fingerprint density at radius 2 is 2.06 bits per heavy atom. The lowest BCUT2D eigenvalue weighted by atomic mass is 10.2. The topological polar surface area (TPSA) is 73.7 Å². The molecule has 4 heterocycles. The summed E-state index contributed by atoms with van der Waals surface area (Å²) in [5.74, 6) is 2.18. The van der Waals surface area contributed by atoms with Gasteiger partial charge >= 0.3 is 0 Å². The number of thiophene rings is 1. The summed E-state index contributed by atoms with van der Waals surface area (Å²) in [6.07, 6.45) is 3.72. The molecule has 0 saturated carbocycles. The molecule has 0 N–H and O–H groups in total. The molecule has 1 amide bonds. The maximum atomic E-state index is 13.5. The second kappa shape index (κ2) is 8.58. The van der Waals surface area contributed by atoms with Gasteiger partial charge in [-0.3, -0.25) is 14.2 Å². The van der Waals surface area contributed by atoms with Crippen LogP contribution >= 0.6 is 11.3 Å². The van der Waals surface area contributed by atoms with Gasteiger partial charge in [0.1, 0.15) is 17.3 Å². The maximum Gasteiger partial charge on any atom is 0.264 e. The summed E-state index contributed by atoms with van der Waals surface area (Å²) >= 11 is 1.33. The Labute approximate surface area is 190 Å². The van der Waals surface area contributed by atoms with E-state index in [1.807, 2.05) is 42.7 Å². The molecule has 8 heteroatoms. The molecule has 3 aromatic rings. The number of carbonyl (C=O) groups excluding carboxylic acids is 1. The van der Waals surface area contributed by atoms with Crippen molar-refractivity contribution in [1.29, 1.82) is 0 Å². The fraction of sp³-hybridized carbons (Fsp3) is 0.458. The summed E-state index contributed by atoms with van der Waals surface area (Å²) in [6.45, 7) is 5.87. The Morgan fingerprint density at radius 3 is 2.88 bits per heavy atom. The van der Waals surface area contributed by atoms with Gasteiger partial charge in [0.25, 0.3) is 11.5 Å². The average molecular weight is 454 g/mol. The van der Waals surface area contributed by atoms with Crippen molar-refractivity contribution >= 4 is 27.5 Å². The van der Waals surface area contributed by atoms with E-state index in [1.54, 1.807) is 4.90 Å². The Hall–Kier alpha value is -2.87. The van der Waals surface area contributed by atoms with Gasteiger partial charge in [0.2, 0.25) is 0 Å². The molecule has 0 bridgehead atoms. The summed E-state index contributed by atoms with van der Waals surface area (Å²) in [6, 6.07) is 7.56. The summed E-state index contributed by atoms with van der Waals surface area (Å²) < 4.78 is 13.7. The summed E-state index contributed by atoms with van der Waals surface area (Å²) in [5.41, 5.74) is 0.722. The third kappa shape index (κ3) is 3.66. The van der Waals surface area contributed by atoms with Gasteiger partial charge < -0.3 is 14.4 Å². The van der Waals surface area contributed by atoms with Crippen LogP contribution in [0.4, 0.5) is 0 Å². The van der Waals surface area contributed by atoms with E-state index in [4.69, 9.17) is 14.5 Å². The number of aromatic nitrogens is 2. The van der Waals surface area contributed by atoms with Crippen molar-refractivity contribution in [3.63, 3.8) is 0 Å². The molecule has 32 heavy (non-hydrogen) atoms. The van der Waals surface area contributed by atoms with E-state index in [1.165, 1.54) is 11.3 Å². The van der Waals surface area contributed by atoms with Crippen LogP contribution < -0.4 is 15.0 Å². The number of nitrogens with zero attached hydrogens (tertiary/aromatic N) is 3. The Bertz CT molecular complexity index is 1230. The van der Waals surface area contributed by atoms with Crippen molar-refractivity contribution in [2.75, 3.05) is 19.7 Å². The number of para-hydroxylation sites is 2. The van der Waals surface area contributed by atoms with Gasteiger partial charge in [0, 0.05) is 19.5 Å². The molecular weight excluding hydrogens is 426 g/mol. The third-order valence-electron chi connectivity index (χ3n) is 6.27. The molecule has 1 unspecified atom stereocenters. The molecule has 0 saturated heterocycles. The first kappa shape index (κ1) is 21.0. The summed E-state index contributed by atoms with van der Waals surface area (Å²) in [5, 5.41) is 0.589. The van der Waals surface area contributed by atoms with Crippen LogP contribution in [0, 0.1) is 6.92 Å². The molecule has 7 nitrogen and oxygen atoms in total. The van der Waals surface area contributed by atoms with Gasteiger partial charge in [-0.15, -0.1) is 11.3 Å². The highest BCUT2D eigenvalue weighted by atomic mass is 32.1. The first-order chi connectivity index (χ1) is 15.6. The second-order valence-electron chi connectivity index (χ2n) is 8.37. The molecule has 168 valence electrons. The van der Waals surface area contributed by atoms with Crippen molar-refractivity contribution < 1.29 is 14.3 Å². The average Bonchev–Trinajstić information content (AvgIpc) is 2.97. The van der Waals surface area contributed by atoms with Crippen LogP contribution in [-0.4, -0.2) is 46.2 Å². The molecule has 1 atom stereocenters. The highest BCUT2D eigenvalue weighted by Crippen LogP contribution is 2.32. The van der Waals surface area contributed by atoms with Gasteiger partial charge in [-0.2, -0.15) is 0 Å². The molecule has 2 aromatic heterocycles. The third-order valence-corrected chi connectivity index (χ3v) is 7.44. The molecule has 1 aromatic carbocycles. The quantitative estimate of drug-likeness (QED) is 0.601. The highest BCUT2D eigenvalue weighted by Gasteiger charge is 2.28. The highest BCUT2D eigenvalue weighted by molar-refractivity contribution is 7.20.